The van der Waals surface area contributed by atoms with Crippen LogP contribution in [0.3, 0.4) is 0 Å². The van der Waals surface area contributed by atoms with Crippen LogP contribution in [0.1, 0.15) is 29.5 Å². The molecule has 0 aromatic carbocycles. The standard InChI is InChI=1S/C9H12N4/c10-9-12-4-7-5-1-6(3-11-2-5)8(7)13-9/h4-6,11H,1-3H2,(H2,10,12,13)/t5-,6?/m1/s1. The molecule has 0 radical (unpaired) electrons. The van der Waals surface area contributed by atoms with E-state index in [2.05, 4.69) is 15.3 Å². The second-order valence-corrected chi connectivity index (χ2v) is 3.86. The van der Waals surface area contributed by atoms with Gasteiger partial charge in [0.2, 0.25) is 5.95 Å². The van der Waals surface area contributed by atoms with Crippen molar-refractivity contribution in [1.82, 2.24) is 15.3 Å². The Balaban J connectivity index is 2.15. The van der Waals surface area contributed by atoms with E-state index in [4.69, 9.17) is 5.73 Å². The fraction of sp³-hybridized carbons (Fsp3) is 0.556. The third-order valence-electron chi connectivity index (χ3n) is 3.04. The molecule has 13 heavy (non-hydrogen) atoms. The summed E-state index contributed by atoms with van der Waals surface area (Å²) in [6.45, 7) is 2.11. The first-order valence-corrected chi connectivity index (χ1v) is 4.67. The van der Waals surface area contributed by atoms with Gasteiger partial charge in [-0.05, 0) is 12.0 Å². The zero-order chi connectivity index (χ0) is 8.84. The number of piperidine rings is 1. The van der Waals surface area contributed by atoms with Crippen molar-refractivity contribution in [2.45, 2.75) is 18.3 Å². The van der Waals surface area contributed by atoms with Gasteiger partial charge in [-0.25, -0.2) is 9.97 Å². The molecule has 0 saturated carbocycles. The van der Waals surface area contributed by atoms with Crippen molar-refractivity contribution in [1.29, 1.82) is 0 Å². The van der Waals surface area contributed by atoms with Crippen LogP contribution in [0.5, 0.6) is 0 Å². The molecule has 4 nitrogen and oxygen atoms in total. The van der Waals surface area contributed by atoms with Gasteiger partial charge in [0.25, 0.3) is 0 Å². The fourth-order valence-corrected chi connectivity index (χ4v) is 2.45. The van der Waals surface area contributed by atoms with Gasteiger partial charge in [-0.15, -0.1) is 0 Å². The van der Waals surface area contributed by atoms with E-state index < -0.39 is 0 Å². The van der Waals surface area contributed by atoms with E-state index in [1.54, 1.807) is 0 Å². The summed E-state index contributed by atoms with van der Waals surface area (Å²) in [7, 11) is 0. The lowest BCUT2D eigenvalue weighted by Crippen LogP contribution is -2.28. The Hall–Kier alpha value is -1.16. The van der Waals surface area contributed by atoms with Crippen molar-refractivity contribution in [3.63, 3.8) is 0 Å². The third-order valence-corrected chi connectivity index (χ3v) is 3.04. The number of rotatable bonds is 0. The summed E-state index contributed by atoms with van der Waals surface area (Å²) < 4.78 is 0. The normalized spacial score (nSPS) is 30.2. The average Bonchev–Trinajstić information content (AvgIpc) is 2.39. The van der Waals surface area contributed by atoms with Gasteiger partial charge >= 0.3 is 0 Å². The fourth-order valence-electron chi connectivity index (χ4n) is 2.45. The van der Waals surface area contributed by atoms with Gasteiger partial charge in [-0.3, -0.25) is 0 Å². The average molecular weight is 176 g/mol. The van der Waals surface area contributed by atoms with Gasteiger partial charge in [0.15, 0.2) is 0 Å². The first-order chi connectivity index (χ1) is 6.34. The van der Waals surface area contributed by atoms with Gasteiger partial charge in [0.1, 0.15) is 0 Å². The Morgan fingerprint density at radius 1 is 1.38 bits per heavy atom. The van der Waals surface area contributed by atoms with E-state index in [9.17, 15) is 0 Å². The summed E-state index contributed by atoms with van der Waals surface area (Å²) in [5, 5.41) is 3.40. The molecule has 3 N–H and O–H groups in total. The van der Waals surface area contributed by atoms with Crippen LogP contribution in [0.4, 0.5) is 5.95 Å². The molecule has 68 valence electrons. The minimum absolute atomic E-state index is 0.409. The van der Waals surface area contributed by atoms with E-state index in [-0.39, 0.29) is 0 Å². The molecule has 3 rings (SSSR count). The summed E-state index contributed by atoms with van der Waals surface area (Å²) in [6.07, 6.45) is 3.12. The zero-order valence-electron chi connectivity index (χ0n) is 7.33. The molecule has 1 aliphatic heterocycles. The van der Waals surface area contributed by atoms with Crippen LogP contribution >= 0.6 is 0 Å². The number of hydrogen-bond donors (Lipinski definition) is 2. The number of nitrogens with one attached hydrogen (secondary N) is 1. The van der Waals surface area contributed by atoms with Crippen LogP contribution < -0.4 is 11.1 Å². The SMILES string of the molecule is Nc1ncc2c(n1)C1CNC[C@H]2C1. The van der Waals surface area contributed by atoms with Crippen LogP contribution in [-0.2, 0) is 0 Å². The lowest BCUT2D eigenvalue weighted by molar-refractivity contribution is 0.451. The van der Waals surface area contributed by atoms with Crippen LogP contribution in [-0.4, -0.2) is 23.1 Å². The topological polar surface area (TPSA) is 63.8 Å². The second kappa shape index (κ2) is 2.42. The van der Waals surface area contributed by atoms with Crippen molar-refractivity contribution in [2.24, 2.45) is 0 Å². The molecule has 1 unspecified atom stereocenters. The van der Waals surface area contributed by atoms with Crippen molar-refractivity contribution >= 4 is 5.95 Å². The maximum atomic E-state index is 5.57. The molecule has 4 heteroatoms. The van der Waals surface area contributed by atoms with Gasteiger partial charge in [0.05, 0.1) is 5.69 Å². The van der Waals surface area contributed by atoms with E-state index in [1.807, 2.05) is 6.20 Å². The Kier molecular flexibility index (Phi) is 1.35. The minimum Gasteiger partial charge on any atom is -0.368 e. The van der Waals surface area contributed by atoms with Gasteiger partial charge < -0.3 is 11.1 Å². The predicted octanol–water partition coefficient (Wildman–Crippen LogP) is 0.233. The molecule has 1 saturated heterocycles. The van der Waals surface area contributed by atoms with Crippen molar-refractivity contribution in [3.8, 4) is 0 Å². The number of nitrogens with zero attached hydrogens (tertiary/aromatic N) is 2. The van der Waals surface area contributed by atoms with Gasteiger partial charge in [-0.1, -0.05) is 0 Å². The minimum atomic E-state index is 0.409. The summed E-state index contributed by atoms with van der Waals surface area (Å²) in [6, 6.07) is 0. The third kappa shape index (κ3) is 0.951. The van der Waals surface area contributed by atoms with Crippen molar-refractivity contribution < 1.29 is 0 Å². The van der Waals surface area contributed by atoms with Crippen molar-refractivity contribution in [3.05, 3.63) is 17.5 Å². The van der Waals surface area contributed by atoms with E-state index >= 15 is 0 Å². The lowest BCUT2D eigenvalue weighted by Gasteiger charge is -2.19. The van der Waals surface area contributed by atoms with Crippen molar-refractivity contribution in [2.75, 3.05) is 18.8 Å². The summed E-state index contributed by atoms with van der Waals surface area (Å²) >= 11 is 0. The molecule has 2 aliphatic rings. The molecule has 1 aromatic heterocycles. The quantitative estimate of drug-likeness (QED) is 0.594. The van der Waals surface area contributed by atoms with Crippen LogP contribution in [0.15, 0.2) is 6.20 Å². The predicted molar refractivity (Wildman–Crippen MR) is 49.4 cm³/mol. The second-order valence-electron chi connectivity index (χ2n) is 3.86. The van der Waals surface area contributed by atoms with E-state index in [1.165, 1.54) is 17.7 Å². The lowest BCUT2D eigenvalue weighted by atomic mass is 9.98. The monoisotopic (exact) mass is 176 g/mol. The molecular weight excluding hydrogens is 164 g/mol. The Morgan fingerprint density at radius 3 is 3.15 bits per heavy atom. The molecule has 0 spiro atoms. The molecule has 0 amide bonds. The Labute approximate surface area is 76.6 Å². The molecule has 1 fully saturated rings. The highest BCUT2D eigenvalue weighted by atomic mass is 15.0. The first kappa shape index (κ1) is 7.26. The molecule has 2 atom stereocenters. The largest absolute Gasteiger partial charge is 0.368 e. The number of anilines is 1. The molecule has 1 aliphatic carbocycles. The highest BCUT2D eigenvalue weighted by molar-refractivity contribution is 5.37. The van der Waals surface area contributed by atoms with Gasteiger partial charge in [0, 0.05) is 31.1 Å². The Bertz CT molecular complexity index is 349. The molecule has 2 bridgehead atoms. The summed E-state index contributed by atoms with van der Waals surface area (Å²) in [5.74, 6) is 1.60. The van der Waals surface area contributed by atoms with Crippen LogP contribution in [0.2, 0.25) is 0 Å². The number of aromatic nitrogens is 2. The number of nitrogen functional groups attached to an aromatic ring is 1. The maximum absolute atomic E-state index is 5.57. The number of nitrogens with two attached hydrogens (primary N) is 1. The Morgan fingerprint density at radius 2 is 2.23 bits per heavy atom. The number of hydrogen-bond acceptors (Lipinski definition) is 4. The highest BCUT2D eigenvalue weighted by Crippen LogP contribution is 2.41. The highest BCUT2D eigenvalue weighted by Gasteiger charge is 2.35. The smallest absolute Gasteiger partial charge is 0.220 e. The zero-order valence-corrected chi connectivity index (χ0v) is 7.33. The van der Waals surface area contributed by atoms with E-state index in [0.29, 0.717) is 17.8 Å². The first-order valence-electron chi connectivity index (χ1n) is 4.67. The van der Waals surface area contributed by atoms with E-state index in [0.717, 1.165) is 13.1 Å². The van der Waals surface area contributed by atoms with Crippen LogP contribution in [0, 0.1) is 0 Å². The van der Waals surface area contributed by atoms with Gasteiger partial charge in [-0.2, -0.15) is 0 Å². The molecule has 2 heterocycles. The molecular formula is C9H12N4. The molecule has 1 aromatic rings. The maximum Gasteiger partial charge on any atom is 0.220 e. The summed E-state index contributed by atoms with van der Waals surface area (Å²) in [5.41, 5.74) is 8.06. The van der Waals surface area contributed by atoms with Crippen LogP contribution in [0.25, 0.3) is 0 Å². The summed E-state index contributed by atoms with van der Waals surface area (Å²) in [4.78, 5) is 8.37. The number of fused-ring (bicyclic) bond motifs is 5.